The van der Waals surface area contributed by atoms with E-state index in [-0.39, 0.29) is 5.57 Å². The van der Waals surface area contributed by atoms with Crippen LogP contribution in [0.1, 0.15) is 16.7 Å². The van der Waals surface area contributed by atoms with Crippen molar-refractivity contribution in [3.63, 3.8) is 0 Å². The van der Waals surface area contributed by atoms with E-state index in [1.807, 2.05) is 54.6 Å². The van der Waals surface area contributed by atoms with Crippen molar-refractivity contribution in [2.75, 3.05) is 12.0 Å². The highest BCUT2D eigenvalue weighted by Gasteiger charge is 2.37. The molecule has 1 fully saturated rings. The highest BCUT2D eigenvalue weighted by Crippen LogP contribution is 2.36. The molecule has 4 aromatic carbocycles. The fourth-order valence-electron chi connectivity index (χ4n) is 4.19. The van der Waals surface area contributed by atoms with Crippen LogP contribution in [-0.4, -0.2) is 25.0 Å². The number of nitrogens with one attached hydrogen (secondary N) is 1. The lowest BCUT2D eigenvalue weighted by molar-refractivity contribution is -0.122. The number of amides is 4. The van der Waals surface area contributed by atoms with Crippen LogP contribution in [0.3, 0.4) is 0 Å². The lowest BCUT2D eigenvalue weighted by Gasteiger charge is -2.26. The quantitative estimate of drug-likeness (QED) is 0.114. The van der Waals surface area contributed by atoms with Crippen molar-refractivity contribution in [1.82, 2.24) is 5.32 Å². The minimum atomic E-state index is -0.830. The second kappa shape index (κ2) is 13.2. The minimum absolute atomic E-state index is 0.194. The van der Waals surface area contributed by atoms with E-state index in [4.69, 9.17) is 14.2 Å². The Hall–Kier alpha value is -4.16. The van der Waals surface area contributed by atoms with Gasteiger partial charge in [-0.1, -0.05) is 58.4 Å². The predicted octanol–water partition coefficient (Wildman–Crippen LogP) is 6.89. The van der Waals surface area contributed by atoms with Crippen LogP contribution in [-0.2, 0) is 22.8 Å². The molecule has 0 saturated carbocycles. The van der Waals surface area contributed by atoms with Crippen LogP contribution < -0.4 is 24.4 Å². The van der Waals surface area contributed by atoms with Gasteiger partial charge in [0.25, 0.3) is 11.8 Å². The molecule has 4 amide bonds. The number of barbiturate groups is 1. The van der Waals surface area contributed by atoms with Gasteiger partial charge < -0.3 is 14.2 Å². The number of ether oxygens (including phenoxy) is 3. The third-order valence-electron chi connectivity index (χ3n) is 6.30. The summed E-state index contributed by atoms with van der Waals surface area (Å²) >= 11 is 5.54. The van der Waals surface area contributed by atoms with Crippen LogP contribution in [0.2, 0.25) is 0 Å². The van der Waals surface area contributed by atoms with Crippen molar-refractivity contribution < 1.29 is 28.6 Å². The van der Waals surface area contributed by atoms with E-state index in [0.717, 1.165) is 24.1 Å². The Kier molecular flexibility index (Phi) is 9.23. The molecular weight excluding hydrogens is 715 g/mol. The normalized spacial score (nSPS) is 14.1. The Morgan fingerprint density at radius 1 is 0.857 bits per heavy atom. The van der Waals surface area contributed by atoms with Crippen molar-refractivity contribution in [3.05, 3.63) is 121 Å². The van der Waals surface area contributed by atoms with Gasteiger partial charge in [0.15, 0.2) is 11.5 Å². The highest BCUT2D eigenvalue weighted by molar-refractivity contribution is 14.1. The zero-order valence-electron chi connectivity index (χ0n) is 22.3. The second-order valence-corrected chi connectivity index (χ2v) is 11.3. The molecule has 1 aliphatic heterocycles. The molecule has 0 radical (unpaired) electrons. The first kappa shape index (κ1) is 29.3. The highest BCUT2D eigenvalue weighted by atomic mass is 127. The number of anilines is 1. The molecule has 1 saturated heterocycles. The second-order valence-electron chi connectivity index (χ2n) is 9.18. The maximum absolute atomic E-state index is 13.4. The smallest absolute Gasteiger partial charge is 0.335 e. The number of benzene rings is 4. The topological polar surface area (TPSA) is 94.2 Å². The van der Waals surface area contributed by atoms with Crippen LogP contribution in [0, 0.1) is 3.57 Å². The monoisotopic (exact) mass is 738 g/mol. The minimum Gasteiger partial charge on any atom is -0.493 e. The van der Waals surface area contributed by atoms with Crippen molar-refractivity contribution in [2.45, 2.75) is 13.2 Å². The van der Waals surface area contributed by atoms with Gasteiger partial charge in [-0.3, -0.25) is 14.9 Å². The summed E-state index contributed by atoms with van der Waals surface area (Å²) in [6, 6.07) is 26.6. The third kappa shape index (κ3) is 6.82. The predicted molar refractivity (Wildman–Crippen MR) is 170 cm³/mol. The Labute approximate surface area is 264 Å². The van der Waals surface area contributed by atoms with E-state index in [2.05, 4.69) is 43.8 Å². The fraction of sp³-hybridized carbons (Fsp3) is 0.0938. The van der Waals surface area contributed by atoms with E-state index in [1.165, 1.54) is 13.2 Å². The first-order valence-electron chi connectivity index (χ1n) is 12.8. The number of hydrogen-bond acceptors (Lipinski definition) is 6. The average Bonchev–Trinajstić information content (AvgIpc) is 2.99. The molecule has 1 heterocycles. The number of imide groups is 2. The number of rotatable bonds is 9. The fourth-order valence-corrected chi connectivity index (χ4v) is 5.24. The third-order valence-corrected chi connectivity index (χ3v) is 7.63. The molecule has 0 spiro atoms. The van der Waals surface area contributed by atoms with Gasteiger partial charge in [-0.05, 0) is 93.9 Å². The maximum Gasteiger partial charge on any atom is 0.335 e. The zero-order chi connectivity index (χ0) is 29.6. The summed E-state index contributed by atoms with van der Waals surface area (Å²) in [7, 11) is 1.51. The standard InChI is InChI=1S/C32H24BrIN2O6/c1-40-28-17-22(16-27(34)29(28)42-19-21-7-9-23(33)10-8-21)15-26-30(37)35-32(39)36(31(26)38)24-11-13-25(14-12-24)41-18-20-5-3-2-4-6-20/h2-17H,18-19H2,1H3,(H,35,37,39)/b26-15+. The van der Waals surface area contributed by atoms with Gasteiger partial charge in [0.2, 0.25) is 0 Å². The molecule has 212 valence electrons. The van der Waals surface area contributed by atoms with Crippen molar-refractivity contribution >= 4 is 68.1 Å². The molecule has 0 aromatic heterocycles. The zero-order valence-corrected chi connectivity index (χ0v) is 26.0. The summed E-state index contributed by atoms with van der Waals surface area (Å²) in [4.78, 5) is 39.8. The maximum atomic E-state index is 13.4. The summed E-state index contributed by atoms with van der Waals surface area (Å²) in [6.45, 7) is 0.704. The first-order chi connectivity index (χ1) is 20.3. The van der Waals surface area contributed by atoms with E-state index in [0.29, 0.717) is 41.7 Å². The summed E-state index contributed by atoms with van der Waals surface area (Å²) in [5.41, 5.74) is 2.63. The summed E-state index contributed by atoms with van der Waals surface area (Å²) in [5, 5.41) is 2.25. The number of carbonyl (C=O) groups is 3. The van der Waals surface area contributed by atoms with Crippen molar-refractivity contribution in [1.29, 1.82) is 0 Å². The molecular formula is C32H24BrIN2O6. The number of carbonyl (C=O) groups excluding carboxylic acids is 3. The first-order valence-corrected chi connectivity index (χ1v) is 14.6. The Balaban J connectivity index is 1.34. The van der Waals surface area contributed by atoms with Gasteiger partial charge >= 0.3 is 6.03 Å². The SMILES string of the molecule is COc1cc(/C=C2\C(=O)NC(=O)N(c3ccc(OCc4ccccc4)cc3)C2=O)cc(I)c1OCc1ccc(Br)cc1. The van der Waals surface area contributed by atoms with Crippen LogP contribution in [0.4, 0.5) is 10.5 Å². The van der Waals surface area contributed by atoms with Gasteiger partial charge in [0, 0.05) is 4.47 Å². The molecule has 0 bridgehead atoms. The molecule has 10 heteroatoms. The number of methoxy groups -OCH3 is 1. The molecule has 5 rings (SSSR count). The van der Waals surface area contributed by atoms with Crippen LogP contribution in [0.15, 0.2) is 101 Å². The molecule has 1 aliphatic rings. The number of halogens is 2. The number of hydrogen-bond donors (Lipinski definition) is 1. The molecule has 1 N–H and O–H groups in total. The number of nitrogens with zero attached hydrogens (tertiary/aromatic N) is 1. The number of urea groups is 1. The van der Waals surface area contributed by atoms with E-state index in [9.17, 15) is 14.4 Å². The lowest BCUT2D eigenvalue weighted by atomic mass is 10.1. The largest absolute Gasteiger partial charge is 0.493 e. The van der Waals surface area contributed by atoms with Crippen LogP contribution >= 0.6 is 38.5 Å². The van der Waals surface area contributed by atoms with Gasteiger partial charge in [-0.15, -0.1) is 0 Å². The molecule has 0 atom stereocenters. The van der Waals surface area contributed by atoms with Gasteiger partial charge in [-0.25, -0.2) is 9.69 Å². The average molecular weight is 739 g/mol. The van der Waals surface area contributed by atoms with E-state index >= 15 is 0 Å². The summed E-state index contributed by atoms with van der Waals surface area (Å²) in [5.74, 6) is 0.0193. The van der Waals surface area contributed by atoms with Crippen molar-refractivity contribution in [2.24, 2.45) is 0 Å². The van der Waals surface area contributed by atoms with Crippen LogP contribution in [0.5, 0.6) is 17.2 Å². The summed E-state index contributed by atoms with van der Waals surface area (Å²) in [6.07, 6.45) is 1.43. The Morgan fingerprint density at radius 3 is 2.21 bits per heavy atom. The Bertz CT molecular complexity index is 1660. The molecule has 8 nitrogen and oxygen atoms in total. The summed E-state index contributed by atoms with van der Waals surface area (Å²) < 4.78 is 19.1. The van der Waals surface area contributed by atoms with Crippen molar-refractivity contribution in [3.8, 4) is 17.2 Å². The molecule has 0 aliphatic carbocycles. The van der Waals surface area contributed by atoms with Gasteiger partial charge in [0.1, 0.15) is 24.5 Å². The van der Waals surface area contributed by atoms with Gasteiger partial charge in [0.05, 0.1) is 16.4 Å². The van der Waals surface area contributed by atoms with E-state index < -0.39 is 17.8 Å². The van der Waals surface area contributed by atoms with E-state index in [1.54, 1.807) is 36.4 Å². The molecule has 0 unspecified atom stereocenters. The van der Waals surface area contributed by atoms with Crippen LogP contribution in [0.25, 0.3) is 6.08 Å². The Morgan fingerprint density at radius 2 is 1.52 bits per heavy atom. The molecule has 42 heavy (non-hydrogen) atoms. The lowest BCUT2D eigenvalue weighted by Crippen LogP contribution is -2.54. The van der Waals surface area contributed by atoms with Gasteiger partial charge in [-0.2, -0.15) is 0 Å². The molecule has 4 aromatic rings.